The van der Waals surface area contributed by atoms with Crippen LogP contribution in [0.3, 0.4) is 0 Å². The number of pyridine rings is 1. The average molecular weight is 433 g/mol. The summed E-state index contributed by atoms with van der Waals surface area (Å²) < 4.78 is 25.6. The van der Waals surface area contributed by atoms with Gasteiger partial charge in [0, 0.05) is 29.1 Å². The summed E-state index contributed by atoms with van der Waals surface area (Å²) in [6, 6.07) is 14.1. The highest BCUT2D eigenvalue weighted by Crippen LogP contribution is 2.22. The molecule has 4 rings (SSSR count). The van der Waals surface area contributed by atoms with Gasteiger partial charge in [0.05, 0.1) is 16.0 Å². The summed E-state index contributed by atoms with van der Waals surface area (Å²) in [6.07, 6.45) is 3.90. The molecule has 0 atom stereocenters. The van der Waals surface area contributed by atoms with Crippen LogP contribution in [-0.2, 0) is 16.3 Å². The first kappa shape index (κ1) is 20.6. The van der Waals surface area contributed by atoms with E-state index < -0.39 is 9.84 Å². The third-order valence-corrected chi connectivity index (χ3v) is 6.84. The molecule has 0 aliphatic heterocycles. The number of carbonyl (C=O) groups excluding carboxylic acids is 2. The Bertz CT molecular complexity index is 1370. The normalized spacial score (nSPS) is 11.5. The minimum atomic E-state index is -3.68. The smallest absolute Gasteiger partial charge is 0.206 e. The minimum Gasteiger partial charge on any atom is -0.295 e. The number of benzene rings is 2. The maximum absolute atomic E-state index is 12.8. The number of hydrogen-bond acceptors (Lipinski definition) is 6. The second-order valence-electron chi connectivity index (χ2n) is 7.18. The van der Waals surface area contributed by atoms with Crippen molar-refractivity contribution in [3.63, 3.8) is 0 Å². The topological polar surface area (TPSA) is 110 Å². The van der Waals surface area contributed by atoms with E-state index in [2.05, 4.69) is 15.2 Å². The molecule has 8 heteroatoms. The summed E-state index contributed by atoms with van der Waals surface area (Å²) >= 11 is 0. The van der Waals surface area contributed by atoms with Gasteiger partial charge < -0.3 is 0 Å². The Labute approximate surface area is 179 Å². The molecule has 2 heterocycles. The van der Waals surface area contributed by atoms with E-state index in [1.54, 1.807) is 24.4 Å². The third kappa shape index (κ3) is 4.29. The number of sulfone groups is 1. The first-order valence-electron chi connectivity index (χ1n) is 9.62. The van der Waals surface area contributed by atoms with E-state index in [0.29, 0.717) is 23.2 Å². The van der Waals surface area contributed by atoms with Crippen LogP contribution >= 0.6 is 0 Å². The zero-order chi connectivity index (χ0) is 22.0. The number of hydrogen-bond donors (Lipinski definition) is 1. The van der Waals surface area contributed by atoms with Gasteiger partial charge in [0.15, 0.2) is 17.2 Å². The van der Waals surface area contributed by atoms with Crippen LogP contribution in [0.25, 0.3) is 11.0 Å². The molecule has 0 spiro atoms. The number of Topliss-reactive ketones (excluding diaryl/α,β-unsaturated/α-hetero) is 2. The quantitative estimate of drug-likeness (QED) is 0.444. The number of H-pyrrole nitrogens is 1. The van der Waals surface area contributed by atoms with Crippen molar-refractivity contribution in [2.45, 2.75) is 29.6 Å². The van der Waals surface area contributed by atoms with Crippen molar-refractivity contribution in [3.8, 4) is 0 Å². The van der Waals surface area contributed by atoms with Gasteiger partial charge in [-0.2, -0.15) is 5.10 Å². The van der Waals surface area contributed by atoms with Crippen LogP contribution in [0.2, 0.25) is 0 Å². The standard InChI is InChI=1S/C23H19N3O4S/c1-15(27)17-5-9-21(10-6-17)31(29,30)20-7-2-16(3-8-20)4-11-22(28)18-12-19-14-25-26-23(19)24-13-18/h2-3,5-10,12-14H,4,11H2,1H3,(H,24,25,26). The van der Waals surface area contributed by atoms with Crippen molar-refractivity contribution in [1.29, 1.82) is 0 Å². The van der Waals surface area contributed by atoms with Gasteiger partial charge in [-0.05, 0) is 49.2 Å². The van der Waals surface area contributed by atoms with Crippen LogP contribution < -0.4 is 0 Å². The molecule has 0 unspecified atom stereocenters. The van der Waals surface area contributed by atoms with Gasteiger partial charge in [0.25, 0.3) is 0 Å². The third-order valence-electron chi connectivity index (χ3n) is 5.06. The van der Waals surface area contributed by atoms with Crippen LogP contribution in [0.4, 0.5) is 0 Å². The Morgan fingerprint density at radius 3 is 2.19 bits per heavy atom. The summed E-state index contributed by atoms with van der Waals surface area (Å²) in [7, 11) is -3.68. The van der Waals surface area contributed by atoms with Crippen molar-refractivity contribution in [3.05, 3.63) is 83.7 Å². The SMILES string of the molecule is CC(=O)c1ccc(S(=O)(=O)c2ccc(CCC(=O)c3cnc4[nH]ncc4c3)cc2)cc1. The fraction of sp³-hybridized carbons (Fsp3) is 0.130. The van der Waals surface area contributed by atoms with Crippen molar-refractivity contribution in [2.24, 2.45) is 0 Å². The van der Waals surface area contributed by atoms with Gasteiger partial charge in [-0.3, -0.25) is 14.7 Å². The van der Waals surface area contributed by atoms with E-state index in [9.17, 15) is 18.0 Å². The lowest BCUT2D eigenvalue weighted by molar-refractivity contribution is 0.0980. The Balaban J connectivity index is 1.44. The number of ketones is 2. The maximum Gasteiger partial charge on any atom is 0.206 e. The zero-order valence-corrected chi connectivity index (χ0v) is 17.5. The van der Waals surface area contributed by atoms with Crippen molar-refractivity contribution >= 4 is 32.4 Å². The van der Waals surface area contributed by atoms with Gasteiger partial charge in [0.2, 0.25) is 9.84 Å². The Hall–Kier alpha value is -3.65. The highest BCUT2D eigenvalue weighted by atomic mass is 32.2. The van der Waals surface area contributed by atoms with Crippen LogP contribution in [0.15, 0.2) is 76.8 Å². The molecule has 0 aliphatic carbocycles. The lowest BCUT2D eigenvalue weighted by Crippen LogP contribution is -2.04. The lowest BCUT2D eigenvalue weighted by atomic mass is 10.0. The largest absolute Gasteiger partial charge is 0.295 e. The summed E-state index contributed by atoms with van der Waals surface area (Å²) in [5.41, 5.74) is 2.46. The molecule has 2 aromatic carbocycles. The number of nitrogens with one attached hydrogen (secondary N) is 1. The molecule has 0 aliphatic rings. The first-order valence-corrected chi connectivity index (χ1v) is 11.1. The van der Waals surface area contributed by atoms with Gasteiger partial charge in [-0.1, -0.05) is 24.3 Å². The molecule has 4 aromatic rings. The van der Waals surface area contributed by atoms with Gasteiger partial charge in [0.1, 0.15) is 0 Å². The molecule has 2 aromatic heterocycles. The van der Waals surface area contributed by atoms with Gasteiger partial charge in [-0.15, -0.1) is 0 Å². The predicted octanol–water partition coefficient (Wildman–Crippen LogP) is 3.81. The van der Waals surface area contributed by atoms with Crippen molar-refractivity contribution in [1.82, 2.24) is 15.2 Å². The number of aromatic amines is 1. The molecule has 156 valence electrons. The lowest BCUT2D eigenvalue weighted by Gasteiger charge is -2.07. The van der Waals surface area contributed by atoms with E-state index in [1.165, 1.54) is 49.5 Å². The molecule has 1 N–H and O–H groups in total. The second kappa shape index (κ2) is 8.23. The fourth-order valence-electron chi connectivity index (χ4n) is 3.23. The van der Waals surface area contributed by atoms with Gasteiger partial charge in [-0.25, -0.2) is 13.4 Å². The van der Waals surface area contributed by atoms with E-state index in [4.69, 9.17) is 0 Å². The van der Waals surface area contributed by atoms with E-state index in [-0.39, 0.29) is 27.8 Å². The highest BCUT2D eigenvalue weighted by molar-refractivity contribution is 7.91. The maximum atomic E-state index is 12.8. The number of carbonyl (C=O) groups is 2. The van der Waals surface area contributed by atoms with Gasteiger partial charge >= 0.3 is 0 Å². The molecule has 31 heavy (non-hydrogen) atoms. The molecule has 7 nitrogen and oxygen atoms in total. The van der Waals surface area contributed by atoms with Crippen LogP contribution in [0.1, 0.15) is 39.6 Å². The molecular formula is C23H19N3O4S. The number of rotatable bonds is 7. The average Bonchev–Trinajstić information content (AvgIpc) is 3.25. The summed E-state index contributed by atoms with van der Waals surface area (Å²) in [6.45, 7) is 1.43. The number of nitrogens with zero attached hydrogens (tertiary/aromatic N) is 2. The van der Waals surface area contributed by atoms with E-state index in [1.807, 2.05) is 0 Å². The minimum absolute atomic E-state index is 0.0436. The van der Waals surface area contributed by atoms with E-state index in [0.717, 1.165) is 10.9 Å². The first-order chi connectivity index (χ1) is 14.8. The second-order valence-corrected chi connectivity index (χ2v) is 9.13. The molecule has 0 radical (unpaired) electrons. The zero-order valence-electron chi connectivity index (χ0n) is 16.7. The molecule has 0 saturated heterocycles. The molecular weight excluding hydrogens is 414 g/mol. The van der Waals surface area contributed by atoms with Crippen LogP contribution in [0, 0.1) is 0 Å². The van der Waals surface area contributed by atoms with Crippen molar-refractivity contribution < 1.29 is 18.0 Å². The van der Waals surface area contributed by atoms with Crippen LogP contribution in [-0.4, -0.2) is 35.2 Å². The summed E-state index contributed by atoms with van der Waals surface area (Å²) in [4.78, 5) is 28.3. The predicted molar refractivity (Wildman–Crippen MR) is 115 cm³/mol. The monoisotopic (exact) mass is 433 g/mol. The Morgan fingerprint density at radius 2 is 1.55 bits per heavy atom. The number of fused-ring (bicyclic) bond motifs is 1. The number of aryl methyl sites for hydroxylation is 1. The Kier molecular flexibility index (Phi) is 5.48. The van der Waals surface area contributed by atoms with E-state index >= 15 is 0 Å². The summed E-state index contributed by atoms with van der Waals surface area (Å²) in [5.74, 6) is -0.166. The molecule has 0 saturated carbocycles. The highest BCUT2D eigenvalue weighted by Gasteiger charge is 2.18. The molecule has 0 amide bonds. The fourth-order valence-corrected chi connectivity index (χ4v) is 4.49. The number of aromatic nitrogens is 3. The molecule has 0 bridgehead atoms. The Morgan fingerprint density at radius 1 is 0.903 bits per heavy atom. The molecule has 0 fully saturated rings. The van der Waals surface area contributed by atoms with Crippen LogP contribution in [0.5, 0.6) is 0 Å². The van der Waals surface area contributed by atoms with Crippen molar-refractivity contribution in [2.75, 3.05) is 0 Å². The summed E-state index contributed by atoms with van der Waals surface area (Å²) in [5, 5.41) is 7.41.